The summed E-state index contributed by atoms with van der Waals surface area (Å²) in [6, 6.07) is 12.6. The van der Waals surface area contributed by atoms with E-state index >= 15 is 0 Å². The average Bonchev–Trinajstić information content (AvgIpc) is 3.03. The number of likely N-dealkylation sites (tertiary alicyclic amines) is 1. The lowest BCUT2D eigenvalue weighted by molar-refractivity contribution is -0.148. The van der Waals surface area contributed by atoms with Crippen LogP contribution in [0.5, 0.6) is 0 Å². The molecule has 1 heterocycles. The maximum Gasteiger partial charge on any atom is 0.326 e. The largest absolute Gasteiger partial charge is 0.480 e. The molecule has 0 unspecified atom stereocenters. The summed E-state index contributed by atoms with van der Waals surface area (Å²) in [6.07, 6.45) is 1.63. The van der Waals surface area contributed by atoms with Crippen LogP contribution in [0, 0.1) is 0 Å². The van der Waals surface area contributed by atoms with Gasteiger partial charge < -0.3 is 15.7 Å². The second-order valence-corrected chi connectivity index (χ2v) is 6.02. The number of amides is 1. The summed E-state index contributed by atoms with van der Waals surface area (Å²) in [5.41, 5.74) is 7.03. The van der Waals surface area contributed by atoms with Crippen LogP contribution < -0.4 is 5.73 Å². The van der Waals surface area contributed by atoms with Gasteiger partial charge in [0.1, 0.15) is 6.04 Å². The van der Waals surface area contributed by atoms with Gasteiger partial charge in [-0.15, -0.1) is 0 Å². The Kier molecular flexibility index (Phi) is 4.30. The SMILES string of the molecule is N[C@@H](Cc1ccc2ccccc2c1)C(=O)N1CCC[C@H]1C(=O)O. The van der Waals surface area contributed by atoms with Crippen molar-refractivity contribution in [1.82, 2.24) is 4.90 Å². The van der Waals surface area contributed by atoms with Gasteiger partial charge >= 0.3 is 5.97 Å². The number of carboxylic acid groups (broad SMARTS) is 1. The maximum atomic E-state index is 12.5. The molecule has 23 heavy (non-hydrogen) atoms. The Hall–Kier alpha value is -2.40. The van der Waals surface area contributed by atoms with E-state index in [1.54, 1.807) is 0 Å². The summed E-state index contributed by atoms with van der Waals surface area (Å²) in [5.74, 6) is -1.23. The molecule has 3 rings (SSSR count). The molecule has 0 spiro atoms. The predicted molar refractivity (Wildman–Crippen MR) is 88.0 cm³/mol. The first-order valence-corrected chi connectivity index (χ1v) is 7.83. The summed E-state index contributed by atoms with van der Waals surface area (Å²) in [6.45, 7) is 0.473. The second kappa shape index (κ2) is 6.38. The highest BCUT2D eigenvalue weighted by Gasteiger charge is 2.35. The second-order valence-electron chi connectivity index (χ2n) is 6.02. The minimum atomic E-state index is -0.950. The van der Waals surface area contributed by atoms with Crippen molar-refractivity contribution in [3.8, 4) is 0 Å². The van der Waals surface area contributed by atoms with E-state index in [-0.39, 0.29) is 5.91 Å². The lowest BCUT2D eigenvalue weighted by Gasteiger charge is -2.24. The van der Waals surface area contributed by atoms with Crippen LogP contribution in [-0.2, 0) is 16.0 Å². The molecule has 1 amide bonds. The smallest absolute Gasteiger partial charge is 0.326 e. The van der Waals surface area contributed by atoms with Gasteiger partial charge in [0.2, 0.25) is 5.91 Å². The van der Waals surface area contributed by atoms with E-state index in [2.05, 4.69) is 0 Å². The molecule has 1 aliphatic rings. The van der Waals surface area contributed by atoms with E-state index in [4.69, 9.17) is 5.73 Å². The van der Waals surface area contributed by atoms with Gasteiger partial charge in [0.25, 0.3) is 0 Å². The van der Waals surface area contributed by atoms with Crippen LogP contribution in [0.25, 0.3) is 10.8 Å². The number of nitrogens with zero attached hydrogens (tertiary/aromatic N) is 1. The molecule has 1 aliphatic heterocycles. The number of nitrogens with two attached hydrogens (primary N) is 1. The average molecular weight is 312 g/mol. The number of carbonyl (C=O) groups is 2. The van der Waals surface area contributed by atoms with Crippen molar-refractivity contribution in [3.63, 3.8) is 0 Å². The fraction of sp³-hybridized carbons (Fsp3) is 0.333. The molecule has 1 fully saturated rings. The lowest BCUT2D eigenvalue weighted by Crippen LogP contribution is -2.49. The highest BCUT2D eigenvalue weighted by atomic mass is 16.4. The van der Waals surface area contributed by atoms with E-state index in [0.717, 1.165) is 16.3 Å². The van der Waals surface area contributed by atoms with Gasteiger partial charge in [-0.3, -0.25) is 4.79 Å². The molecule has 0 saturated carbocycles. The Labute approximate surface area is 134 Å². The van der Waals surface area contributed by atoms with Gasteiger partial charge in [0.15, 0.2) is 0 Å². The molecule has 0 bridgehead atoms. The van der Waals surface area contributed by atoms with Crippen molar-refractivity contribution in [2.24, 2.45) is 5.73 Å². The Balaban J connectivity index is 1.73. The first-order valence-electron chi connectivity index (χ1n) is 7.83. The predicted octanol–water partition coefficient (Wildman–Crippen LogP) is 1.79. The molecule has 1 saturated heterocycles. The Morgan fingerprint density at radius 1 is 1.22 bits per heavy atom. The monoisotopic (exact) mass is 312 g/mol. The first-order chi connectivity index (χ1) is 11.1. The summed E-state index contributed by atoms with van der Waals surface area (Å²) in [5, 5.41) is 11.4. The third kappa shape index (κ3) is 3.19. The number of carboxylic acids is 1. The van der Waals surface area contributed by atoms with Crippen molar-refractivity contribution in [2.45, 2.75) is 31.3 Å². The van der Waals surface area contributed by atoms with Crippen LogP contribution in [0.3, 0.4) is 0 Å². The number of fused-ring (bicyclic) bond motifs is 1. The van der Waals surface area contributed by atoms with Crippen LogP contribution in [0.1, 0.15) is 18.4 Å². The van der Waals surface area contributed by atoms with Crippen molar-refractivity contribution in [2.75, 3.05) is 6.54 Å². The van der Waals surface area contributed by atoms with Gasteiger partial charge in [-0.05, 0) is 35.6 Å². The van der Waals surface area contributed by atoms with Gasteiger partial charge in [-0.2, -0.15) is 0 Å². The van der Waals surface area contributed by atoms with Gasteiger partial charge in [-0.25, -0.2) is 4.79 Å². The van der Waals surface area contributed by atoms with E-state index < -0.39 is 18.1 Å². The standard InChI is InChI=1S/C18H20N2O3/c19-15(17(21)20-9-3-6-16(20)18(22)23)11-12-7-8-13-4-1-2-5-14(13)10-12/h1-2,4-5,7-8,10,15-16H,3,6,9,11,19H2,(H,22,23)/t15-,16-/m0/s1. The lowest BCUT2D eigenvalue weighted by atomic mass is 10.0. The molecule has 5 heteroatoms. The summed E-state index contributed by atoms with van der Waals surface area (Å²) < 4.78 is 0. The highest BCUT2D eigenvalue weighted by molar-refractivity contribution is 5.88. The van der Waals surface area contributed by atoms with Crippen molar-refractivity contribution in [3.05, 3.63) is 48.0 Å². The zero-order chi connectivity index (χ0) is 16.4. The fourth-order valence-electron chi connectivity index (χ4n) is 3.21. The van der Waals surface area contributed by atoms with Crippen molar-refractivity contribution >= 4 is 22.6 Å². The number of benzene rings is 2. The van der Waals surface area contributed by atoms with Crippen LogP contribution in [0.4, 0.5) is 0 Å². The topological polar surface area (TPSA) is 83.6 Å². The third-order valence-corrected chi connectivity index (χ3v) is 4.41. The normalized spacial score (nSPS) is 19.0. The van der Waals surface area contributed by atoms with E-state index in [1.165, 1.54) is 4.90 Å². The summed E-state index contributed by atoms with van der Waals surface area (Å²) in [7, 11) is 0. The number of rotatable bonds is 4. The quantitative estimate of drug-likeness (QED) is 0.901. The zero-order valence-electron chi connectivity index (χ0n) is 12.8. The molecular formula is C18H20N2O3. The molecule has 2 aromatic carbocycles. The van der Waals surface area contributed by atoms with Crippen LogP contribution in [-0.4, -0.2) is 40.5 Å². The Morgan fingerprint density at radius 2 is 1.96 bits per heavy atom. The molecule has 0 radical (unpaired) electrons. The zero-order valence-corrected chi connectivity index (χ0v) is 12.8. The molecular weight excluding hydrogens is 292 g/mol. The maximum absolute atomic E-state index is 12.5. The molecule has 5 nitrogen and oxygen atoms in total. The third-order valence-electron chi connectivity index (χ3n) is 4.41. The Morgan fingerprint density at radius 3 is 2.70 bits per heavy atom. The minimum Gasteiger partial charge on any atom is -0.480 e. The molecule has 2 aromatic rings. The van der Waals surface area contributed by atoms with Crippen LogP contribution in [0.2, 0.25) is 0 Å². The summed E-state index contributed by atoms with van der Waals surface area (Å²) >= 11 is 0. The van der Waals surface area contributed by atoms with Gasteiger partial charge in [0.05, 0.1) is 6.04 Å². The minimum absolute atomic E-state index is 0.275. The molecule has 0 aromatic heterocycles. The van der Waals surface area contributed by atoms with E-state index in [0.29, 0.717) is 25.8 Å². The van der Waals surface area contributed by atoms with Gasteiger partial charge in [-0.1, -0.05) is 42.5 Å². The van der Waals surface area contributed by atoms with Crippen molar-refractivity contribution < 1.29 is 14.7 Å². The number of aliphatic carboxylic acids is 1. The summed E-state index contributed by atoms with van der Waals surface area (Å²) in [4.78, 5) is 25.1. The fourth-order valence-corrected chi connectivity index (χ4v) is 3.21. The first kappa shape index (κ1) is 15.5. The van der Waals surface area contributed by atoms with E-state index in [1.807, 2.05) is 42.5 Å². The number of carbonyl (C=O) groups excluding carboxylic acids is 1. The Bertz CT molecular complexity index is 744. The number of hydrogen-bond donors (Lipinski definition) is 2. The van der Waals surface area contributed by atoms with Crippen LogP contribution >= 0.6 is 0 Å². The molecule has 3 N–H and O–H groups in total. The van der Waals surface area contributed by atoms with Crippen molar-refractivity contribution in [1.29, 1.82) is 0 Å². The number of hydrogen-bond acceptors (Lipinski definition) is 3. The molecule has 2 atom stereocenters. The molecule has 120 valence electrons. The van der Waals surface area contributed by atoms with Gasteiger partial charge in [0, 0.05) is 6.54 Å². The molecule has 0 aliphatic carbocycles. The van der Waals surface area contributed by atoms with Crippen LogP contribution in [0.15, 0.2) is 42.5 Å². The van der Waals surface area contributed by atoms with E-state index in [9.17, 15) is 14.7 Å². The highest BCUT2D eigenvalue weighted by Crippen LogP contribution is 2.20.